The molecular weight excluding hydrogens is 320 g/mol. The van der Waals surface area contributed by atoms with Gasteiger partial charge in [0, 0.05) is 25.8 Å². The van der Waals surface area contributed by atoms with Crippen LogP contribution in [0.25, 0.3) is 6.08 Å². The highest BCUT2D eigenvalue weighted by molar-refractivity contribution is 7.80. The van der Waals surface area contributed by atoms with E-state index in [1.165, 1.54) is 18.9 Å². The van der Waals surface area contributed by atoms with Crippen molar-refractivity contribution in [3.8, 4) is 0 Å². The maximum Gasteiger partial charge on any atom is 0.250 e. The predicted octanol–water partition coefficient (Wildman–Crippen LogP) is 2.99. The van der Waals surface area contributed by atoms with Crippen LogP contribution in [0.3, 0.4) is 0 Å². The van der Waals surface area contributed by atoms with E-state index in [2.05, 4.69) is 10.2 Å². The fourth-order valence-corrected chi connectivity index (χ4v) is 3.10. The molecule has 1 aromatic carbocycles. The molecule has 0 aromatic heterocycles. The molecule has 3 rings (SSSR count). The summed E-state index contributed by atoms with van der Waals surface area (Å²) in [5, 5.41) is 3.35. The first kappa shape index (κ1) is 17.1. The van der Waals surface area contributed by atoms with Gasteiger partial charge in [-0.1, -0.05) is 30.3 Å². The molecule has 2 fully saturated rings. The largest absolute Gasteiger partial charge is 0.376 e. The lowest BCUT2D eigenvalue weighted by Gasteiger charge is -2.27. The van der Waals surface area contributed by atoms with Crippen LogP contribution in [0.2, 0.25) is 0 Å². The Labute approximate surface area is 148 Å². The Morgan fingerprint density at radius 3 is 2.71 bits per heavy atom. The zero-order valence-electron chi connectivity index (χ0n) is 13.8. The first-order valence-corrected chi connectivity index (χ1v) is 9.06. The van der Waals surface area contributed by atoms with Gasteiger partial charge in [0.2, 0.25) is 5.91 Å². The monoisotopic (exact) mass is 344 g/mol. The lowest BCUT2D eigenvalue weighted by molar-refractivity contribution is -0.115. The van der Waals surface area contributed by atoms with E-state index in [1.54, 1.807) is 6.08 Å². The Hall–Kier alpha value is -1.72. The van der Waals surface area contributed by atoms with Crippen molar-refractivity contribution in [1.82, 2.24) is 10.2 Å². The quantitative estimate of drug-likeness (QED) is 0.636. The van der Waals surface area contributed by atoms with Gasteiger partial charge in [0.1, 0.15) is 0 Å². The van der Waals surface area contributed by atoms with Gasteiger partial charge in [-0.05, 0) is 55.5 Å². The minimum Gasteiger partial charge on any atom is -0.376 e. The smallest absolute Gasteiger partial charge is 0.250 e. The van der Waals surface area contributed by atoms with E-state index in [0.717, 1.165) is 38.1 Å². The predicted molar refractivity (Wildman–Crippen MR) is 99.5 cm³/mol. The molecule has 1 aliphatic heterocycles. The third kappa shape index (κ3) is 5.42. The maximum absolute atomic E-state index is 12.1. The molecule has 2 aliphatic rings. The second-order valence-electron chi connectivity index (χ2n) is 6.52. The number of carbonyl (C=O) groups excluding carboxylic acids is 1. The van der Waals surface area contributed by atoms with E-state index in [-0.39, 0.29) is 12.0 Å². The van der Waals surface area contributed by atoms with E-state index >= 15 is 0 Å². The summed E-state index contributed by atoms with van der Waals surface area (Å²) in [7, 11) is 0. The SMILES string of the molecule is O=C(C=Cc1ccccc1)NC(=S)N(CC1CC1)CC1CCCO1. The average molecular weight is 344 g/mol. The average Bonchev–Trinajstić information content (AvgIpc) is 3.26. The highest BCUT2D eigenvalue weighted by atomic mass is 32.1. The minimum absolute atomic E-state index is 0.183. The summed E-state index contributed by atoms with van der Waals surface area (Å²) in [6.07, 6.45) is 8.26. The standard InChI is InChI=1S/C19H24N2O2S/c22-18(11-10-15-5-2-1-3-6-15)20-19(24)21(13-16-8-9-16)14-17-7-4-12-23-17/h1-3,5-6,10-11,16-17H,4,7-9,12-14H2,(H,20,22,24). The van der Waals surface area contributed by atoms with Crippen LogP contribution in [0.4, 0.5) is 0 Å². The van der Waals surface area contributed by atoms with Crippen LogP contribution in [-0.2, 0) is 9.53 Å². The van der Waals surface area contributed by atoms with Crippen molar-refractivity contribution in [2.45, 2.75) is 31.8 Å². The maximum atomic E-state index is 12.1. The van der Waals surface area contributed by atoms with Crippen molar-refractivity contribution >= 4 is 29.3 Å². The molecule has 1 unspecified atom stereocenters. The highest BCUT2D eigenvalue weighted by Crippen LogP contribution is 2.30. The molecule has 1 saturated heterocycles. The molecule has 128 valence electrons. The Balaban J connectivity index is 1.53. The van der Waals surface area contributed by atoms with E-state index in [4.69, 9.17) is 17.0 Å². The number of ether oxygens (including phenoxy) is 1. The first-order valence-electron chi connectivity index (χ1n) is 8.65. The molecule has 24 heavy (non-hydrogen) atoms. The van der Waals surface area contributed by atoms with Gasteiger partial charge in [-0.2, -0.15) is 0 Å². The van der Waals surface area contributed by atoms with E-state index in [0.29, 0.717) is 11.0 Å². The zero-order valence-corrected chi connectivity index (χ0v) is 14.6. The van der Waals surface area contributed by atoms with Crippen LogP contribution >= 0.6 is 12.2 Å². The van der Waals surface area contributed by atoms with Crippen molar-refractivity contribution in [3.05, 3.63) is 42.0 Å². The van der Waals surface area contributed by atoms with E-state index in [9.17, 15) is 4.79 Å². The van der Waals surface area contributed by atoms with Crippen molar-refractivity contribution in [3.63, 3.8) is 0 Å². The molecule has 1 saturated carbocycles. The van der Waals surface area contributed by atoms with Crippen LogP contribution in [0.15, 0.2) is 36.4 Å². The molecule has 1 heterocycles. The van der Waals surface area contributed by atoms with Crippen molar-refractivity contribution < 1.29 is 9.53 Å². The van der Waals surface area contributed by atoms with Crippen LogP contribution in [0.1, 0.15) is 31.2 Å². The van der Waals surface area contributed by atoms with Crippen molar-refractivity contribution in [2.75, 3.05) is 19.7 Å². The summed E-state index contributed by atoms with van der Waals surface area (Å²) in [6.45, 7) is 2.53. The first-order chi connectivity index (χ1) is 11.7. The summed E-state index contributed by atoms with van der Waals surface area (Å²) >= 11 is 5.47. The molecular formula is C19H24N2O2S. The van der Waals surface area contributed by atoms with E-state index in [1.807, 2.05) is 30.3 Å². The summed E-state index contributed by atoms with van der Waals surface area (Å²) in [5.74, 6) is 0.526. The van der Waals surface area contributed by atoms with Crippen LogP contribution in [0, 0.1) is 5.92 Å². The van der Waals surface area contributed by atoms with Gasteiger partial charge in [-0.15, -0.1) is 0 Å². The third-order valence-electron chi connectivity index (χ3n) is 4.37. The number of benzene rings is 1. The van der Waals surface area contributed by atoms with Crippen molar-refractivity contribution in [2.24, 2.45) is 5.92 Å². The van der Waals surface area contributed by atoms with Gasteiger partial charge < -0.3 is 9.64 Å². The van der Waals surface area contributed by atoms with Gasteiger partial charge in [-0.3, -0.25) is 10.1 Å². The molecule has 0 bridgehead atoms. The zero-order chi connectivity index (χ0) is 16.8. The topological polar surface area (TPSA) is 41.6 Å². The fourth-order valence-electron chi connectivity index (χ4n) is 2.85. The summed E-state index contributed by atoms with van der Waals surface area (Å²) in [5.41, 5.74) is 0.993. The van der Waals surface area contributed by atoms with Gasteiger partial charge in [-0.25, -0.2) is 0 Å². The Morgan fingerprint density at radius 1 is 1.25 bits per heavy atom. The Morgan fingerprint density at radius 2 is 2.04 bits per heavy atom. The number of rotatable bonds is 6. The summed E-state index contributed by atoms with van der Waals surface area (Å²) in [4.78, 5) is 14.2. The fraction of sp³-hybridized carbons (Fsp3) is 0.474. The van der Waals surface area contributed by atoms with Gasteiger partial charge in [0.15, 0.2) is 5.11 Å². The Kier molecular flexibility index (Phi) is 5.99. The van der Waals surface area contributed by atoms with E-state index < -0.39 is 0 Å². The second-order valence-corrected chi connectivity index (χ2v) is 6.91. The number of hydrogen-bond acceptors (Lipinski definition) is 3. The summed E-state index contributed by atoms with van der Waals surface area (Å²) < 4.78 is 5.72. The third-order valence-corrected chi connectivity index (χ3v) is 4.73. The normalized spacial score (nSPS) is 20.2. The van der Waals surface area contributed by atoms with Crippen molar-refractivity contribution in [1.29, 1.82) is 0 Å². The molecule has 0 spiro atoms. The lowest BCUT2D eigenvalue weighted by atomic mass is 10.2. The van der Waals surface area contributed by atoms with Crippen LogP contribution < -0.4 is 5.32 Å². The molecule has 5 heteroatoms. The number of nitrogens with one attached hydrogen (secondary N) is 1. The minimum atomic E-state index is -0.183. The number of amides is 1. The number of thiocarbonyl (C=S) groups is 1. The van der Waals surface area contributed by atoms with Gasteiger partial charge in [0.25, 0.3) is 0 Å². The summed E-state index contributed by atoms with van der Waals surface area (Å²) in [6, 6.07) is 9.76. The molecule has 0 radical (unpaired) electrons. The number of carbonyl (C=O) groups is 1. The number of nitrogens with zero attached hydrogens (tertiary/aromatic N) is 1. The molecule has 1 N–H and O–H groups in total. The molecule has 1 amide bonds. The Bertz CT molecular complexity index is 593. The van der Waals surface area contributed by atoms with Crippen LogP contribution in [0.5, 0.6) is 0 Å². The van der Waals surface area contributed by atoms with Gasteiger partial charge in [0.05, 0.1) is 6.10 Å². The van der Waals surface area contributed by atoms with Gasteiger partial charge >= 0.3 is 0 Å². The van der Waals surface area contributed by atoms with Crippen LogP contribution in [-0.4, -0.2) is 41.7 Å². The lowest BCUT2D eigenvalue weighted by Crippen LogP contribution is -2.46. The molecule has 1 aromatic rings. The number of hydrogen-bond donors (Lipinski definition) is 1. The molecule has 4 nitrogen and oxygen atoms in total. The second kappa shape index (κ2) is 8.40. The molecule has 1 atom stereocenters. The highest BCUT2D eigenvalue weighted by Gasteiger charge is 2.28. The molecule has 1 aliphatic carbocycles.